The number of ether oxygens (including phenoxy) is 1. The zero-order valence-corrected chi connectivity index (χ0v) is 15.5. The zero-order chi connectivity index (χ0) is 19.3. The van der Waals surface area contributed by atoms with Crippen molar-refractivity contribution in [1.29, 1.82) is 0 Å². The Kier molecular flexibility index (Phi) is 3.83. The molecule has 1 atom stereocenters. The highest BCUT2D eigenvalue weighted by molar-refractivity contribution is 6.03. The van der Waals surface area contributed by atoms with Crippen LogP contribution >= 0.6 is 0 Å². The average molecular weight is 372 g/mol. The number of pyridine rings is 1. The number of carbonyl (C=O) groups excluding carboxylic acids is 1. The predicted molar refractivity (Wildman–Crippen MR) is 108 cm³/mol. The number of phenols is 1. The minimum absolute atomic E-state index is 0.0872. The van der Waals surface area contributed by atoms with Gasteiger partial charge in [-0.2, -0.15) is 0 Å². The second-order valence-corrected chi connectivity index (χ2v) is 7.26. The summed E-state index contributed by atoms with van der Waals surface area (Å²) in [6.45, 7) is 0. The molecule has 0 saturated carbocycles. The summed E-state index contributed by atoms with van der Waals surface area (Å²) in [6.07, 6.45) is 4.06. The van der Waals surface area contributed by atoms with Crippen molar-refractivity contribution >= 4 is 22.4 Å². The van der Waals surface area contributed by atoms with E-state index in [1.807, 2.05) is 36.4 Å². The summed E-state index contributed by atoms with van der Waals surface area (Å²) in [7, 11) is 1.53. The molecule has 1 aliphatic heterocycles. The topological polar surface area (TPSA) is 71.5 Å². The Labute approximate surface area is 162 Å². The van der Waals surface area contributed by atoms with E-state index in [4.69, 9.17) is 4.74 Å². The Hall–Kier alpha value is -3.34. The number of aromatic hydroxyl groups is 1. The van der Waals surface area contributed by atoms with Gasteiger partial charge in [0, 0.05) is 40.9 Å². The number of allylic oxidation sites excluding steroid dienone is 2. The van der Waals surface area contributed by atoms with Crippen molar-refractivity contribution in [1.82, 2.24) is 4.98 Å². The molecule has 28 heavy (non-hydrogen) atoms. The van der Waals surface area contributed by atoms with Crippen LogP contribution in [0.15, 0.2) is 59.9 Å². The van der Waals surface area contributed by atoms with E-state index >= 15 is 0 Å². The van der Waals surface area contributed by atoms with Crippen molar-refractivity contribution in [2.24, 2.45) is 0 Å². The van der Waals surface area contributed by atoms with Gasteiger partial charge in [-0.25, -0.2) is 0 Å². The number of benzene rings is 2. The lowest BCUT2D eigenvalue weighted by atomic mass is 9.74. The van der Waals surface area contributed by atoms with Crippen LogP contribution in [0, 0.1) is 0 Å². The Morgan fingerprint density at radius 1 is 1.18 bits per heavy atom. The number of anilines is 1. The van der Waals surface area contributed by atoms with E-state index in [1.54, 1.807) is 12.3 Å². The minimum Gasteiger partial charge on any atom is -0.504 e. The van der Waals surface area contributed by atoms with Crippen LogP contribution in [0.1, 0.15) is 36.3 Å². The normalized spacial score (nSPS) is 18.5. The number of aromatic nitrogens is 1. The summed E-state index contributed by atoms with van der Waals surface area (Å²) >= 11 is 0. The molecular weight excluding hydrogens is 352 g/mol. The molecule has 0 amide bonds. The first-order valence-corrected chi connectivity index (χ1v) is 9.45. The lowest BCUT2D eigenvalue weighted by Gasteiger charge is -2.35. The van der Waals surface area contributed by atoms with Crippen molar-refractivity contribution in [2.45, 2.75) is 25.2 Å². The van der Waals surface area contributed by atoms with Crippen molar-refractivity contribution in [3.63, 3.8) is 0 Å². The standard InChI is InChI=1S/C23H20N2O3/c1-28-20-12-13(7-10-18(20)26)21-22-14-4-3-11-24-15(14)8-9-17(22)25-16-5-2-6-19(27)23(16)21/h3-4,7-12,21,25-26H,2,5-6H2,1H3/t21-/m0/s1. The highest BCUT2D eigenvalue weighted by atomic mass is 16.5. The smallest absolute Gasteiger partial charge is 0.161 e. The van der Waals surface area contributed by atoms with Crippen molar-refractivity contribution < 1.29 is 14.6 Å². The molecule has 5 rings (SSSR count). The van der Waals surface area contributed by atoms with Crippen LogP contribution in [0.3, 0.4) is 0 Å². The van der Waals surface area contributed by atoms with Gasteiger partial charge < -0.3 is 15.2 Å². The first kappa shape index (κ1) is 16.8. The van der Waals surface area contributed by atoms with E-state index in [0.29, 0.717) is 12.2 Å². The summed E-state index contributed by atoms with van der Waals surface area (Å²) in [5.74, 6) is 0.448. The van der Waals surface area contributed by atoms with Crippen LogP contribution in [0.25, 0.3) is 10.9 Å². The molecule has 2 heterocycles. The van der Waals surface area contributed by atoms with E-state index in [9.17, 15) is 9.90 Å². The fourth-order valence-electron chi connectivity index (χ4n) is 4.44. The molecule has 0 unspecified atom stereocenters. The van der Waals surface area contributed by atoms with Crippen molar-refractivity contribution in [3.8, 4) is 11.5 Å². The molecule has 0 saturated heterocycles. The number of nitrogens with one attached hydrogen (secondary N) is 1. The maximum absolute atomic E-state index is 13.0. The predicted octanol–water partition coefficient (Wildman–Crippen LogP) is 4.51. The van der Waals surface area contributed by atoms with Gasteiger partial charge in [-0.3, -0.25) is 9.78 Å². The van der Waals surface area contributed by atoms with Crippen LogP contribution in [0.2, 0.25) is 0 Å². The Morgan fingerprint density at radius 2 is 2.07 bits per heavy atom. The molecule has 5 nitrogen and oxygen atoms in total. The third-order valence-corrected chi connectivity index (χ3v) is 5.68. The van der Waals surface area contributed by atoms with Gasteiger partial charge in [0.2, 0.25) is 0 Å². The van der Waals surface area contributed by atoms with Gasteiger partial charge >= 0.3 is 0 Å². The highest BCUT2D eigenvalue weighted by Crippen LogP contribution is 2.48. The van der Waals surface area contributed by atoms with E-state index < -0.39 is 0 Å². The molecule has 2 aliphatic rings. The fraction of sp³-hybridized carbons (Fsp3) is 0.217. The number of phenolic OH excluding ortho intramolecular Hbond substituents is 1. The largest absolute Gasteiger partial charge is 0.504 e. The van der Waals surface area contributed by atoms with Crippen LogP contribution in [0.4, 0.5) is 5.69 Å². The maximum atomic E-state index is 13.0. The summed E-state index contributed by atoms with van der Waals surface area (Å²) in [4.78, 5) is 17.5. The number of fused-ring (bicyclic) bond motifs is 3. The number of rotatable bonds is 2. The van der Waals surface area contributed by atoms with Crippen LogP contribution < -0.4 is 10.1 Å². The monoisotopic (exact) mass is 372 g/mol. The molecule has 2 N–H and O–H groups in total. The zero-order valence-electron chi connectivity index (χ0n) is 15.5. The summed E-state index contributed by atoms with van der Waals surface area (Å²) in [5, 5.41) is 14.6. The molecular formula is C23H20N2O3. The summed E-state index contributed by atoms with van der Waals surface area (Å²) in [5.41, 5.74) is 5.70. The summed E-state index contributed by atoms with van der Waals surface area (Å²) in [6, 6.07) is 13.4. The summed E-state index contributed by atoms with van der Waals surface area (Å²) < 4.78 is 5.34. The van der Waals surface area contributed by atoms with E-state index in [2.05, 4.69) is 10.3 Å². The molecule has 3 aromatic rings. The Balaban J connectivity index is 1.82. The SMILES string of the molecule is COc1cc([C@@H]2C3=C(CCCC3=O)Nc3ccc4ncccc4c32)ccc1O. The van der Waals surface area contributed by atoms with Crippen LogP contribution in [-0.2, 0) is 4.79 Å². The van der Waals surface area contributed by atoms with Gasteiger partial charge in [-0.1, -0.05) is 12.1 Å². The van der Waals surface area contributed by atoms with Gasteiger partial charge in [-0.05, 0) is 54.3 Å². The first-order valence-electron chi connectivity index (χ1n) is 9.45. The second-order valence-electron chi connectivity index (χ2n) is 7.26. The van der Waals surface area contributed by atoms with E-state index in [1.165, 1.54) is 7.11 Å². The third-order valence-electron chi connectivity index (χ3n) is 5.68. The lowest BCUT2D eigenvalue weighted by molar-refractivity contribution is -0.116. The number of hydrogen-bond donors (Lipinski definition) is 2. The van der Waals surface area contributed by atoms with Gasteiger partial charge in [0.1, 0.15) is 0 Å². The van der Waals surface area contributed by atoms with Crippen LogP contribution in [0.5, 0.6) is 11.5 Å². The Morgan fingerprint density at radius 3 is 2.93 bits per heavy atom. The highest BCUT2D eigenvalue weighted by Gasteiger charge is 2.36. The molecule has 0 fully saturated rings. The van der Waals surface area contributed by atoms with Gasteiger partial charge in [0.25, 0.3) is 0 Å². The third kappa shape index (κ3) is 2.47. The number of methoxy groups -OCH3 is 1. The second kappa shape index (κ2) is 6.37. The van der Waals surface area contributed by atoms with Crippen molar-refractivity contribution in [2.75, 3.05) is 12.4 Å². The molecule has 0 bridgehead atoms. The van der Waals surface area contributed by atoms with Gasteiger partial charge in [0.05, 0.1) is 12.6 Å². The van der Waals surface area contributed by atoms with E-state index in [-0.39, 0.29) is 17.5 Å². The Bertz CT molecular complexity index is 1150. The molecule has 1 aliphatic carbocycles. The number of ketones is 1. The van der Waals surface area contributed by atoms with Crippen LogP contribution in [-0.4, -0.2) is 23.0 Å². The molecule has 2 aromatic carbocycles. The van der Waals surface area contributed by atoms with Gasteiger partial charge in [-0.15, -0.1) is 0 Å². The molecule has 5 heteroatoms. The average Bonchev–Trinajstić information content (AvgIpc) is 2.73. The molecule has 0 spiro atoms. The first-order chi connectivity index (χ1) is 13.7. The molecule has 1 aromatic heterocycles. The number of nitrogens with zero attached hydrogens (tertiary/aromatic N) is 1. The lowest BCUT2D eigenvalue weighted by Crippen LogP contribution is -2.27. The van der Waals surface area contributed by atoms with E-state index in [0.717, 1.165) is 51.8 Å². The quantitative estimate of drug-likeness (QED) is 0.692. The van der Waals surface area contributed by atoms with Gasteiger partial charge in [0.15, 0.2) is 17.3 Å². The van der Waals surface area contributed by atoms with Crippen molar-refractivity contribution in [3.05, 3.63) is 71.1 Å². The minimum atomic E-state index is -0.221. The fourth-order valence-corrected chi connectivity index (χ4v) is 4.44. The molecule has 140 valence electrons. The molecule has 0 radical (unpaired) electrons. The maximum Gasteiger partial charge on any atom is 0.161 e. The number of hydrogen-bond acceptors (Lipinski definition) is 5. The number of carbonyl (C=O) groups is 1. The number of Topliss-reactive ketones (excluding diaryl/α,β-unsaturated/α-hetero) is 1.